The van der Waals surface area contributed by atoms with Crippen LogP contribution >= 0.6 is 11.3 Å². The van der Waals surface area contributed by atoms with Gasteiger partial charge in [0, 0.05) is 47.4 Å². The van der Waals surface area contributed by atoms with Gasteiger partial charge in [-0.05, 0) is 81.9 Å². The molecule has 57 heavy (non-hydrogen) atoms. The molecule has 3 aromatic heterocycles. The van der Waals surface area contributed by atoms with Crippen molar-refractivity contribution in [3.05, 3.63) is 206 Å². The molecule has 0 bridgehead atoms. The molecule has 0 N–H and O–H groups in total. The molecule has 0 aliphatic carbocycles. The number of thiophene rings is 1. The van der Waals surface area contributed by atoms with E-state index in [1.54, 1.807) is 0 Å². The van der Waals surface area contributed by atoms with Crippen LogP contribution in [0.5, 0.6) is 0 Å². The molecule has 3 heterocycles. The number of nitrogens with zero attached hydrogens (tertiary/aromatic N) is 2. The Morgan fingerprint density at radius 2 is 0.895 bits per heavy atom. The fourth-order valence-corrected chi connectivity index (χ4v) is 10.6. The second kappa shape index (κ2) is 12.7. The van der Waals surface area contributed by atoms with E-state index in [0.717, 1.165) is 5.69 Å². The minimum atomic E-state index is 1.15. The Hall–Kier alpha value is -7.20. The Balaban J connectivity index is 1.11. The van der Waals surface area contributed by atoms with Crippen LogP contribution in [0.15, 0.2) is 206 Å². The molecule has 266 valence electrons. The van der Waals surface area contributed by atoms with Crippen molar-refractivity contribution in [3.8, 4) is 44.8 Å². The van der Waals surface area contributed by atoms with Gasteiger partial charge in [-0.3, -0.25) is 0 Å². The summed E-state index contributed by atoms with van der Waals surface area (Å²) in [5.74, 6) is 0. The molecule has 0 saturated heterocycles. The maximum atomic E-state index is 2.50. The van der Waals surface area contributed by atoms with E-state index in [0.29, 0.717) is 0 Å². The third-order valence-electron chi connectivity index (χ3n) is 11.7. The Labute approximate surface area is 333 Å². The summed E-state index contributed by atoms with van der Waals surface area (Å²) in [6, 6.07) is 75.5. The van der Waals surface area contributed by atoms with Crippen LogP contribution in [0.2, 0.25) is 0 Å². The van der Waals surface area contributed by atoms with Crippen LogP contribution in [-0.4, -0.2) is 9.13 Å². The van der Waals surface area contributed by atoms with Crippen molar-refractivity contribution in [2.24, 2.45) is 0 Å². The Bertz CT molecular complexity index is 3510. The first-order valence-corrected chi connectivity index (χ1v) is 20.3. The van der Waals surface area contributed by atoms with E-state index in [1.807, 2.05) is 11.3 Å². The lowest BCUT2D eigenvalue weighted by Gasteiger charge is -2.14. The fraction of sp³-hybridized carbons (Fsp3) is 0. The quantitative estimate of drug-likeness (QED) is 0.166. The molecule has 3 heteroatoms. The predicted molar refractivity (Wildman–Crippen MR) is 244 cm³/mol. The van der Waals surface area contributed by atoms with Gasteiger partial charge in [0.2, 0.25) is 0 Å². The molecule has 0 atom stereocenters. The lowest BCUT2D eigenvalue weighted by Crippen LogP contribution is -1.97. The van der Waals surface area contributed by atoms with Crippen LogP contribution in [0.1, 0.15) is 0 Å². The smallest absolute Gasteiger partial charge is 0.0555 e. The van der Waals surface area contributed by atoms with Crippen LogP contribution in [0.25, 0.3) is 109 Å². The molecule has 0 aliphatic rings. The van der Waals surface area contributed by atoms with Gasteiger partial charge in [-0.15, -0.1) is 11.3 Å². The van der Waals surface area contributed by atoms with Gasteiger partial charge in [-0.25, -0.2) is 0 Å². The first-order valence-electron chi connectivity index (χ1n) is 19.5. The Morgan fingerprint density at radius 3 is 1.68 bits per heavy atom. The molecule has 0 saturated carbocycles. The van der Waals surface area contributed by atoms with Gasteiger partial charge < -0.3 is 9.13 Å². The number of hydrogen-bond donors (Lipinski definition) is 0. The van der Waals surface area contributed by atoms with Gasteiger partial charge in [0.1, 0.15) is 0 Å². The number of benzene rings is 9. The van der Waals surface area contributed by atoms with Gasteiger partial charge in [0.25, 0.3) is 0 Å². The number of aromatic nitrogens is 2. The van der Waals surface area contributed by atoms with Crippen LogP contribution in [0.4, 0.5) is 0 Å². The average molecular weight is 743 g/mol. The minimum Gasteiger partial charge on any atom is -0.309 e. The van der Waals surface area contributed by atoms with Crippen LogP contribution < -0.4 is 0 Å². The fourth-order valence-electron chi connectivity index (χ4n) is 9.31. The van der Waals surface area contributed by atoms with Crippen LogP contribution in [0.3, 0.4) is 0 Å². The van der Waals surface area contributed by atoms with E-state index in [9.17, 15) is 0 Å². The summed E-state index contributed by atoms with van der Waals surface area (Å²) in [5, 5.41) is 7.59. The zero-order chi connectivity index (χ0) is 37.5. The molecule has 0 spiro atoms. The van der Waals surface area contributed by atoms with E-state index in [1.165, 1.54) is 103 Å². The second-order valence-corrected chi connectivity index (χ2v) is 15.9. The molecule has 0 amide bonds. The van der Waals surface area contributed by atoms with E-state index in [4.69, 9.17) is 0 Å². The summed E-state index contributed by atoms with van der Waals surface area (Å²) >= 11 is 1.89. The highest BCUT2D eigenvalue weighted by Gasteiger charge is 2.22. The minimum absolute atomic E-state index is 1.15. The van der Waals surface area contributed by atoms with Gasteiger partial charge in [-0.1, -0.05) is 158 Å². The van der Waals surface area contributed by atoms with Crippen molar-refractivity contribution < 1.29 is 0 Å². The van der Waals surface area contributed by atoms with Crippen molar-refractivity contribution in [1.29, 1.82) is 0 Å². The van der Waals surface area contributed by atoms with Gasteiger partial charge in [-0.2, -0.15) is 0 Å². The number of rotatable bonds is 5. The van der Waals surface area contributed by atoms with Crippen molar-refractivity contribution >= 4 is 75.1 Å². The van der Waals surface area contributed by atoms with Gasteiger partial charge in [0.05, 0.1) is 27.8 Å². The molecule has 0 unspecified atom stereocenters. The third kappa shape index (κ3) is 4.83. The van der Waals surface area contributed by atoms with E-state index in [-0.39, 0.29) is 0 Å². The standard InChI is InChI=1S/C54H34N2S/c1-3-16-35(17-4-1)38-20-7-8-21-40(38)42-25-15-28-49-52(42)43-23-10-13-27-47(43)55(49)37-30-32-48-45(34-37)41-22-9-12-26-46(41)56(48)50-33-31-39(36-18-5-2-6-19-36)54-53(50)44-24-11-14-29-51(44)57-54/h1-34H. The molecule has 12 aromatic rings. The topological polar surface area (TPSA) is 9.86 Å². The second-order valence-electron chi connectivity index (χ2n) is 14.8. The molecular formula is C54H34N2S. The monoisotopic (exact) mass is 742 g/mol. The summed E-state index contributed by atoms with van der Waals surface area (Å²) in [6.07, 6.45) is 0. The molecule has 2 nitrogen and oxygen atoms in total. The zero-order valence-electron chi connectivity index (χ0n) is 30.9. The summed E-state index contributed by atoms with van der Waals surface area (Å²) in [6.45, 7) is 0. The zero-order valence-corrected chi connectivity index (χ0v) is 31.7. The SMILES string of the molecule is c1ccc(-c2ccccc2-c2cccc3c2c2ccccc2n3-c2ccc3c(c2)c2ccccc2n3-c2ccc(-c3ccccc3)c3sc4ccccc4c23)cc1. The molecule has 9 aromatic carbocycles. The van der Waals surface area contributed by atoms with Crippen LogP contribution in [0, 0.1) is 0 Å². The van der Waals surface area contributed by atoms with Crippen LogP contribution in [-0.2, 0) is 0 Å². The lowest BCUT2D eigenvalue weighted by atomic mass is 9.92. The first-order chi connectivity index (χ1) is 28.3. The number of fused-ring (bicyclic) bond motifs is 9. The van der Waals surface area contributed by atoms with Crippen molar-refractivity contribution in [3.63, 3.8) is 0 Å². The summed E-state index contributed by atoms with van der Waals surface area (Å²) in [7, 11) is 0. The number of para-hydroxylation sites is 2. The molecule has 0 aliphatic heterocycles. The molecule has 12 rings (SSSR count). The normalized spacial score (nSPS) is 11.9. The van der Waals surface area contributed by atoms with Crippen molar-refractivity contribution in [2.75, 3.05) is 0 Å². The third-order valence-corrected chi connectivity index (χ3v) is 12.9. The molecule has 0 radical (unpaired) electrons. The molecular weight excluding hydrogens is 709 g/mol. The maximum absolute atomic E-state index is 2.50. The first kappa shape index (κ1) is 32.1. The highest BCUT2D eigenvalue weighted by molar-refractivity contribution is 7.26. The molecule has 0 fully saturated rings. The summed E-state index contributed by atoms with van der Waals surface area (Å²) < 4.78 is 7.58. The predicted octanol–water partition coefficient (Wildman–Crippen LogP) is 15.2. The van der Waals surface area contributed by atoms with Crippen molar-refractivity contribution in [2.45, 2.75) is 0 Å². The summed E-state index contributed by atoms with van der Waals surface area (Å²) in [4.78, 5) is 0. The number of hydrogen-bond acceptors (Lipinski definition) is 1. The van der Waals surface area contributed by atoms with Crippen molar-refractivity contribution in [1.82, 2.24) is 9.13 Å². The van der Waals surface area contributed by atoms with E-state index >= 15 is 0 Å². The largest absolute Gasteiger partial charge is 0.309 e. The highest BCUT2D eigenvalue weighted by atomic mass is 32.1. The maximum Gasteiger partial charge on any atom is 0.0555 e. The highest BCUT2D eigenvalue weighted by Crippen LogP contribution is 2.46. The van der Waals surface area contributed by atoms with E-state index in [2.05, 4.69) is 215 Å². The van der Waals surface area contributed by atoms with E-state index < -0.39 is 0 Å². The Morgan fingerprint density at radius 1 is 0.316 bits per heavy atom. The average Bonchev–Trinajstić information content (AvgIpc) is 3.95. The van der Waals surface area contributed by atoms with Gasteiger partial charge in [0.15, 0.2) is 0 Å². The van der Waals surface area contributed by atoms with Gasteiger partial charge >= 0.3 is 0 Å². The summed E-state index contributed by atoms with van der Waals surface area (Å²) in [5.41, 5.74) is 14.6. The Kier molecular flexibility index (Phi) is 7.13. The lowest BCUT2D eigenvalue weighted by molar-refractivity contribution is 1.17.